The van der Waals surface area contributed by atoms with Gasteiger partial charge in [0.1, 0.15) is 5.82 Å². The Labute approximate surface area is 96.0 Å². The van der Waals surface area contributed by atoms with Crippen molar-refractivity contribution in [3.8, 4) is 0 Å². The van der Waals surface area contributed by atoms with Crippen LogP contribution in [0.4, 0.5) is 17.6 Å². The molecule has 0 heterocycles. The fraction of sp³-hybridized carbons (Fsp3) is 0.333. The van der Waals surface area contributed by atoms with E-state index in [-0.39, 0.29) is 5.56 Å². The van der Waals surface area contributed by atoms with E-state index in [4.69, 9.17) is 4.89 Å². The fourth-order valence-corrected chi connectivity index (χ4v) is 1.47. The quantitative estimate of drug-likeness (QED) is 0.505. The van der Waals surface area contributed by atoms with Gasteiger partial charge < -0.3 is 10.00 Å². The van der Waals surface area contributed by atoms with Crippen LogP contribution in [0.15, 0.2) is 18.2 Å². The second-order valence-corrected chi connectivity index (χ2v) is 3.76. The topological polar surface area (TPSA) is 49.7 Å². The minimum absolute atomic E-state index is 0.298. The van der Waals surface area contributed by atoms with Gasteiger partial charge in [-0.15, -0.1) is 0 Å². The predicted octanol–water partition coefficient (Wildman–Crippen LogP) is 2.53. The van der Waals surface area contributed by atoms with Crippen LogP contribution in [0.2, 0.25) is 0 Å². The Kier molecular flexibility index (Phi) is 4.09. The molecule has 96 valence electrons. The second-order valence-electron chi connectivity index (χ2n) is 3.37. The smallest absolute Gasteiger partial charge is 0.362 e. The Morgan fingerprint density at radius 3 is 2.35 bits per heavy atom. The highest BCUT2D eigenvalue weighted by Crippen LogP contribution is 2.35. The molecule has 0 saturated heterocycles. The number of hydrogen-bond donors (Lipinski definition) is 2. The molecule has 2 unspecified atom stereocenters. The first kappa shape index (κ1) is 14.3. The lowest BCUT2D eigenvalue weighted by Crippen LogP contribution is -2.23. The van der Waals surface area contributed by atoms with Gasteiger partial charge >= 0.3 is 6.18 Å². The van der Waals surface area contributed by atoms with E-state index in [2.05, 4.69) is 4.52 Å². The molecular weight excluding hydrogens is 263 g/mol. The van der Waals surface area contributed by atoms with Gasteiger partial charge in [-0.1, -0.05) is 6.07 Å². The Bertz CT molecular complexity index is 406. The highest BCUT2D eigenvalue weighted by atomic mass is 31.1. The molecule has 0 aliphatic rings. The zero-order chi connectivity index (χ0) is 13.3. The van der Waals surface area contributed by atoms with Crippen molar-refractivity contribution >= 4 is 9.03 Å². The standard InChI is InChI=1S/C9H9F4O3P/c1-8(14,16-17-15)5-2-3-7(10)6(4-5)9(11,12)13/h2-4,14-15,17H,1H3. The number of aliphatic hydroxyl groups is 1. The lowest BCUT2D eigenvalue weighted by molar-refractivity contribution is -0.141. The summed E-state index contributed by atoms with van der Waals surface area (Å²) in [7, 11) is -1.11. The first-order valence-electron chi connectivity index (χ1n) is 4.35. The van der Waals surface area contributed by atoms with Crippen molar-refractivity contribution in [3.05, 3.63) is 35.1 Å². The van der Waals surface area contributed by atoms with E-state index in [1.54, 1.807) is 0 Å². The summed E-state index contributed by atoms with van der Waals surface area (Å²) >= 11 is 0. The third kappa shape index (κ3) is 3.35. The Balaban J connectivity index is 3.22. The van der Waals surface area contributed by atoms with Crippen LogP contribution in [0.5, 0.6) is 0 Å². The van der Waals surface area contributed by atoms with Gasteiger partial charge in [0.05, 0.1) is 5.56 Å². The number of benzene rings is 1. The highest BCUT2D eigenvalue weighted by molar-refractivity contribution is 7.25. The van der Waals surface area contributed by atoms with Crippen molar-refractivity contribution < 1.29 is 32.1 Å². The number of halogens is 4. The van der Waals surface area contributed by atoms with E-state index in [1.807, 2.05) is 0 Å². The minimum Gasteiger partial charge on any atom is -0.362 e. The molecule has 17 heavy (non-hydrogen) atoms. The monoisotopic (exact) mass is 272 g/mol. The summed E-state index contributed by atoms with van der Waals surface area (Å²) in [5.41, 5.74) is -1.80. The molecule has 1 aromatic rings. The molecule has 0 saturated carbocycles. The van der Waals surface area contributed by atoms with Gasteiger partial charge in [-0.25, -0.2) is 4.39 Å². The van der Waals surface area contributed by atoms with E-state index in [0.717, 1.165) is 13.0 Å². The first-order chi connectivity index (χ1) is 7.68. The molecule has 2 atom stereocenters. The van der Waals surface area contributed by atoms with Crippen LogP contribution in [0.1, 0.15) is 18.1 Å². The normalized spacial score (nSPS) is 16.4. The highest BCUT2D eigenvalue weighted by Gasteiger charge is 2.36. The van der Waals surface area contributed by atoms with Crippen molar-refractivity contribution in [2.75, 3.05) is 0 Å². The zero-order valence-corrected chi connectivity index (χ0v) is 9.55. The number of alkyl halides is 3. The van der Waals surface area contributed by atoms with E-state index >= 15 is 0 Å². The van der Waals surface area contributed by atoms with Gasteiger partial charge in [0, 0.05) is 5.56 Å². The van der Waals surface area contributed by atoms with Gasteiger partial charge in [0.2, 0.25) is 0 Å². The first-order valence-corrected chi connectivity index (χ1v) is 5.20. The summed E-state index contributed by atoms with van der Waals surface area (Å²) in [6.45, 7) is 1.05. The maximum atomic E-state index is 12.9. The van der Waals surface area contributed by atoms with Crippen LogP contribution in [-0.2, 0) is 16.5 Å². The predicted molar refractivity (Wildman–Crippen MR) is 52.6 cm³/mol. The SMILES string of the molecule is CC(O)(OPO)c1ccc(F)c(C(F)(F)F)c1. The molecule has 1 aromatic carbocycles. The van der Waals surface area contributed by atoms with Gasteiger partial charge in [-0.2, -0.15) is 13.2 Å². The van der Waals surface area contributed by atoms with Crippen LogP contribution >= 0.6 is 9.03 Å². The minimum atomic E-state index is -4.86. The second kappa shape index (κ2) is 4.86. The average molecular weight is 272 g/mol. The molecule has 0 bridgehead atoms. The molecule has 0 radical (unpaired) electrons. The maximum absolute atomic E-state index is 12.9. The Morgan fingerprint density at radius 2 is 1.88 bits per heavy atom. The molecule has 0 aliphatic carbocycles. The van der Waals surface area contributed by atoms with Gasteiger partial charge in [0.25, 0.3) is 0 Å². The third-order valence-electron chi connectivity index (χ3n) is 2.05. The molecule has 2 N–H and O–H groups in total. The molecule has 3 nitrogen and oxygen atoms in total. The van der Waals surface area contributed by atoms with E-state index in [9.17, 15) is 22.7 Å². The lowest BCUT2D eigenvalue weighted by Gasteiger charge is -2.23. The van der Waals surface area contributed by atoms with Gasteiger partial charge in [0.15, 0.2) is 14.8 Å². The van der Waals surface area contributed by atoms with Crippen LogP contribution in [0.3, 0.4) is 0 Å². The van der Waals surface area contributed by atoms with Crippen molar-refractivity contribution in [2.45, 2.75) is 18.9 Å². The van der Waals surface area contributed by atoms with Crippen LogP contribution in [0, 0.1) is 5.82 Å². The third-order valence-corrected chi connectivity index (χ3v) is 2.54. The van der Waals surface area contributed by atoms with E-state index < -0.39 is 32.4 Å². The molecule has 1 rings (SSSR count). The molecule has 0 aliphatic heterocycles. The van der Waals surface area contributed by atoms with Gasteiger partial charge in [-0.05, 0) is 19.1 Å². The molecule has 0 spiro atoms. The van der Waals surface area contributed by atoms with Gasteiger partial charge in [-0.3, -0.25) is 4.52 Å². The fourth-order valence-electron chi connectivity index (χ4n) is 1.18. The Hall–Kier alpha value is -0.750. The van der Waals surface area contributed by atoms with E-state index in [0.29, 0.717) is 12.1 Å². The zero-order valence-electron chi connectivity index (χ0n) is 8.55. The van der Waals surface area contributed by atoms with E-state index in [1.165, 1.54) is 0 Å². The lowest BCUT2D eigenvalue weighted by atomic mass is 10.0. The van der Waals surface area contributed by atoms with Crippen LogP contribution in [0.25, 0.3) is 0 Å². The summed E-state index contributed by atoms with van der Waals surface area (Å²) in [6.07, 6.45) is -4.86. The largest absolute Gasteiger partial charge is 0.419 e. The summed E-state index contributed by atoms with van der Waals surface area (Å²) < 4.78 is 54.6. The van der Waals surface area contributed by atoms with Crippen LogP contribution < -0.4 is 0 Å². The molecular formula is C9H9F4O3P. The number of rotatable bonds is 3. The summed E-state index contributed by atoms with van der Waals surface area (Å²) in [4.78, 5) is 8.50. The molecule has 0 aromatic heterocycles. The summed E-state index contributed by atoms with van der Waals surface area (Å²) in [5.74, 6) is -3.55. The number of hydrogen-bond acceptors (Lipinski definition) is 3. The average Bonchev–Trinajstić information content (AvgIpc) is 2.15. The Morgan fingerprint density at radius 1 is 1.29 bits per heavy atom. The van der Waals surface area contributed by atoms with Crippen molar-refractivity contribution in [3.63, 3.8) is 0 Å². The van der Waals surface area contributed by atoms with Crippen molar-refractivity contribution in [1.29, 1.82) is 0 Å². The maximum Gasteiger partial charge on any atom is 0.419 e. The molecule has 8 heteroatoms. The van der Waals surface area contributed by atoms with Crippen LogP contribution in [-0.4, -0.2) is 10.00 Å². The molecule has 0 fully saturated rings. The van der Waals surface area contributed by atoms with Crippen molar-refractivity contribution in [2.24, 2.45) is 0 Å². The molecule has 0 amide bonds. The summed E-state index contributed by atoms with van der Waals surface area (Å²) in [5, 5.41) is 9.60. The summed E-state index contributed by atoms with van der Waals surface area (Å²) in [6, 6.07) is 1.97. The van der Waals surface area contributed by atoms with Crippen molar-refractivity contribution in [1.82, 2.24) is 0 Å².